The Hall–Kier alpha value is -2.97. The van der Waals surface area contributed by atoms with Crippen molar-refractivity contribution in [1.29, 1.82) is 0 Å². The second kappa shape index (κ2) is 15.3. The SMILES string of the molecule is CC.CC.CCOC(=O)CNC(=O)NCc1ccc([N+](=O)[O-])cc1C(C)=O. The maximum Gasteiger partial charge on any atom is 0.325 e. The van der Waals surface area contributed by atoms with Crippen LogP contribution in [-0.4, -0.2) is 35.9 Å². The highest BCUT2D eigenvalue weighted by atomic mass is 16.6. The first-order valence-corrected chi connectivity index (χ1v) is 8.80. The summed E-state index contributed by atoms with van der Waals surface area (Å²) in [4.78, 5) is 44.3. The van der Waals surface area contributed by atoms with E-state index in [0.29, 0.717) is 5.56 Å². The monoisotopic (exact) mass is 383 g/mol. The second-order valence-corrected chi connectivity index (χ2v) is 4.50. The lowest BCUT2D eigenvalue weighted by molar-refractivity contribution is -0.384. The van der Waals surface area contributed by atoms with Crippen LogP contribution in [0.25, 0.3) is 0 Å². The van der Waals surface area contributed by atoms with Crippen LogP contribution in [0.4, 0.5) is 10.5 Å². The molecule has 0 unspecified atom stereocenters. The van der Waals surface area contributed by atoms with Gasteiger partial charge in [0.1, 0.15) is 6.54 Å². The minimum absolute atomic E-state index is 0.0123. The number of Topliss-reactive ketones (excluding diaryl/α,β-unsaturated/α-hetero) is 1. The number of urea groups is 1. The number of nitro groups is 1. The van der Waals surface area contributed by atoms with Crippen LogP contribution in [-0.2, 0) is 16.1 Å². The number of rotatable bonds is 7. The Balaban J connectivity index is 0. The topological polar surface area (TPSA) is 128 Å². The van der Waals surface area contributed by atoms with E-state index in [2.05, 4.69) is 15.4 Å². The second-order valence-electron chi connectivity index (χ2n) is 4.50. The molecule has 9 heteroatoms. The van der Waals surface area contributed by atoms with Gasteiger partial charge in [-0.25, -0.2) is 4.79 Å². The van der Waals surface area contributed by atoms with E-state index in [0.717, 1.165) is 6.07 Å². The number of ketones is 1. The third-order valence-electron chi connectivity index (χ3n) is 2.82. The summed E-state index contributed by atoms with van der Waals surface area (Å²) in [6, 6.07) is 3.20. The number of amides is 2. The molecule has 0 bridgehead atoms. The molecule has 9 nitrogen and oxygen atoms in total. The molecular weight excluding hydrogens is 354 g/mol. The van der Waals surface area contributed by atoms with Crippen LogP contribution in [0, 0.1) is 10.1 Å². The first-order chi connectivity index (χ1) is 12.8. The molecule has 1 rings (SSSR count). The predicted molar refractivity (Wildman–Crippen MR) is 103 cm³/mol. The normalized spacial score (nSPS) is 8.81. The number of non-ortho nitro benzene ring substituents is 1. The van der Waals surface area contributed by atoms with Gasteiger partial charge in [-0.3, -0.25) is 19.7 Å². The van der Waals surface area contributed by atoms with Crippen LogP contribution in [0.5, 0.6) is 0 Å². The van der Waals surface area contributed by atoms with Crippen LogP contribution in [0.15, 0.2) is 18.2 Å². The van der Waals surface area contributed by atoms with E-state index < -0.39 is 16.9 Å². The van der Waals surface area contributed by atoms with Gasteiger partial charge in [0.2, 0.25) is 0 Å². The summed E-state index contributed by atoms with van der Waals surface area (Å²) >= 11 is 0. The number of esters is 1. The summed E-state index contributed by atoms with van der Waals surface area (Å²) in [6.45, 7) is 10.9. The van der Waals surface area contributed by atoms with Crippen LogP contribution in [0.1, 0.15) is 57.5 Å². The zero-order valence-electron chi connectivity index (χ0n) is 16.8. The van der Waals surface area contributed by atoms with Gasteiger partial charge in [-0.1, -0.05) is 27.7 Å². The van der Waals surface area contributed by atoms with Crippen LogP contribution in [0.2, 0.25) is 0 Å². The number of ether oxygens (including phenoxy) is 1. The number of benzene rings is 1. The van der Waals surface area contributed by atoms with Gasteiger partial charge >= 0.3 is 12.0 Å². The Morgan fingerprint density at radius 1 is 1.11 bits per heavy atom. The molecule has 0 saturated heterocycles. The van der Waals surface area contributed by atoms with Gasteiger partial charge in [-0.2, -0.15) is 0 Å². The molecule has 1 aromatic carbocycles. The van der Waals surface area contributed by atoms with Crippen molar-refractivity contribution in [3.05, 3.63) is 39.4 Å². The Bertz CT molecular complexity index is 632. The van der Waals surface area contributed by atoms with E-state index in [-0.39, 0.29) is 36.7 Å². The molecule has 0 fully saturated rings. The molecular formula is C18H29N3O6. The van der Waals surface area contributed by atoms with Gasteiger partial charge in [-0.05, 0) is 25.5 Å². The third-order valence-corrected chi connectivity index (χ3v) is 2.82. The fraction of sp³-hybridized carbons (Fsp3) is 0.500. The van der Waals surface area contributed by atoms with E-state index >= 15 is 0 Å². The van der Waals surface area contributed by atoms with Gasteiger partial charge in [-0.15, -0.1) is 0 Å². The average molecular weight is 383 g/mol. The van der Waals surface area contributed by atoms with Crippen LogP contribution >= 0.6 is 0 Å². The van der Waals surface area contributed by atoms with E-state index in [1.165, 1.54) is 19.1 Å². The summed E-state index contributed by atoms with van der Waals surface area (Å²) in [5.41, 5.74) is 0.394. The minimum atomic E-state index is -0.620. The largest absolute Gasteiger partial charge is 0.465 e. The molecule has 152 valence electrons. The summed E-state index contributed by atoms with van der Waals surface area (Å²) in [5, 5.41) is 15.5. The maximum absolute atomic E-state index is 11.6. The molecule has 2 amide bonds. The Morgan fingerprint density at radius 2 is 1.70 bits per heavy atom. The number of nitrogens with one attached hydrogen (secondary N) is 2. The zero-order valence-corrected chi connectivity index (χ0v) is 16.8. The molecule has 0 saturated carbocycles. The van der Waals surface area contributed by atoms with Gasteiger partial charge in [0.15, 0.2) is 5.78 Å². The quantitative estimate of drug-likeness (QED) is 0.322. The highest BCUT2D eigenvalue weighted by Gasteiger charge is 2.14. The number of carbonyl (C=O) groups is 3. The summed E-state index contributed by atoms with van der Waals surface area (Å²) < 4.78 is 4.65. The van der Waals surface area contributed by atoms with Gasteiger partial charge in [0.25, 0.3) is 5.69 Å². The lowest BCUT2D eigenvalue weighted by Crippen LogP contribution is -2.38. The standard InChI is InChI=1S/C14H17N3O6.2C2H6/c1-3-23-13(19)8-16-14(20)15-7-10-4-5-11(17(21)22)6-12(10)9(2)18;2*1-2/h4-6H,3,7-8H2,1-2H3,(H2,15,16,20);2*1-2H3. The number of carbonyl (C=O) groups excluding carboxylic acids is 3. The predicted octanol–water partition coefficient (Wildman–Crippen LogP) is 3.21. The molecule has 0 aromatic heterocycles. The summed E-state index contributed by atoms with van der Waals surface area (Å²) in [6.07, 6.45) is 0. The van der Waals surface area contributed by atoms with Crippen molar-refractivity contribution in [2.24, 2.45) is 0 Å². The smallest absolute Gasteiger partial charge is 0.325 e. The third kappa shape index (κ3) is 10.6. The average Bonchev–Trinajstić information content (AvgIpc) is 2.67. The highest BCUT2D eigenvalue weighted by molar-refractivity contribution is 5.96. The Labute approximate surface area is 159 Å². The first kappa shape index (κ1) is 26.3. The fourth-order valence-corrected chi connectivity index (χ4v) is 1.76. The van der Waals surface area contributed by atoms with Crippen molar-refractivity contribution in [3.63, 3.8) is 0 Å². The zero-order chi connectivity index (χ0) is 21.4. The number of nitrogens with zero attached hydrogens (tertiary/aromatic N) is 1. The van der Waals surface area contributed by atoms with Crippen LogP contribution < -0.4 is 10.6 Å². The molecule has 2 N–H and O–H groups in total. The number of hydrogen-bond donors (Lipinski definition) is 2. The van der Waals surface area contributed by atoms with Crippen molar-refractivity contribution >= 4 is 23.5 Å². The van der Waals surface area contributed by atoms with Gasteiger partial charge < -0.3 is 15.4 Å². The number of nitro benzene ring substituents is 1. The summed E-state index contributed by atoms with van der Waals surface area (Å²) in [7, 11) is 0. The van der Waals surface area contributed by atoms with Gasteiger partial charge in [0, 0.05) is 24.2 Å². The molecule has 0 aliphatic carbocycles. The molecule has 0 radical (unpaired) electrons. The molecule has 0 spiro atoms. The van der Waals surface area contributed by atoms with Gasteiger partial charge in [0.05, 0.1) is 11.5 Å². The number of hydrogen-bond acceptors (Lipinski definition) is 6. The van der Waals surface area contributed by atoms with Crippen molar-refractivity contribution in [3.8, 4) is 0 Å². The lowest BCUT2D eigenvalue weighted by Gasteiger charge is -2.10. The Kier molecular flexibility index (Phi) is 14.9. The maximum atomic E-state index is 11.6. The first-order valence-electron chi connectivity index (χ1n) is 8.80. The fourth-order valence-electron chi connectivity index (χ4n) is 1.76. The van der Waals surface area contributed by atoms with E-state index in [9.17, 15) is 24.5 Å². The molecule has 1 aromatic rings. The minimum Gasteiger partial charge on any atom is -0.465 e. The molecule has 27 heavy (non-hydrogen) atoms. The van der Waals surface area contributed by atoms with E-state index in [1.807, 2.05) is 27.7 Å². The van der Waals surface area contributed by atoms with Crippen molar-refractivity contribution in [2.45, 2.75) is 48.1 Å². The molecule has 0 atom stereocenters. The Morgan fingerprint density at radius 3 is 2.19 bits per heavy atom. The highest BCUT2D eigenvalue weighted by Crippen LogP contribution is 2.18. The van der Waals surface area contributed by atoms with Crippen LogP contribution in [0.3, 0.4) is 0 Å². The molecule has 0 aliphatic heterocycles. The lowest BCUT2D eigenvalue weighted by atomic mass is 10.0. The van der Waals surface area contributed by atoms with E-state index in [4.69, 9.17) is 0 Å². The van der Waals surface area contributed by atoms with Crippen molar-refractivity contribution in [1.82, 2.24) is 10.6 Å². The molecule has 0 heterocycles. The molecule has 0 aliphatic rings. The van der Waals surface area contributed by atoms with Crippen molar-refractivity contribution in [2.75, 3.05) is 13.2 Å². The summed E-state index contributed by atoms with van der Waals surface area (Å²) in [5.74, 6) is -0.917. The van der Waals surface area contributed by atoms with E-state index in [1.54, 1.807) is 6.92 Å². The van der Waals surface area contributed by atoms with Crippen molar-refractivity contribution < 1.29 is 24.0 Å².